The first-order valence-corrected chi connectivity index (χ1v) is 8.79. The van der Waals surface area contributed by atoms with Crippen molar-refractivity contribution in [2.45, 2.75) is 31.3 Å². The zero-order chi connectivity index (χ0) is 18.3. The molecule has 7 nitrogen and oxygen atoms in total. The molecule has 0 spiro atoms. The number of nitrogens with zero attached hydrogens (tertiary/aromatic N) is 3. The highest BCUT2D eigenvalue weighted by atomic mass is 16.5. The van der Waals surface area contributed by atoms with Crippen LogP contribution in [0.3, 0.4) is 0 Å². The molecule has 1 N–H and O–H groups in total. The Kier molecular flexibility index (Phi) is 4.03. The van der Waals surface area contributed by atoms with Crippen LogP contribution in [0, 0.1) is 0 Å². The summed E-state index contributed by atoms with van der Waals surface area (Å²) < 4.78 is 7.23. The van der Waals surface area contributed by atoms with E-state index in [2.05, 4.69) is 5.10 Å². The van der Waals surface area contributed by atoms with Gasteiger partial charge in [-0.15, -0.1) is 0 Å². The Morgan fingerprint density at radius 3 is 2.65 bits per heavy atom. The minimum Gasteiger partial charge on any atom is -0.479 e. The van der Waals surface area contributed by atoms with Gasteiger partial charge in [0.2, 0.25) is 0 Å². The normalized spacial score (nSPS) is 23.0. The molecule has 7 heteroatoms. The first-order valence-electron chi connectivity index (χ1n) is 8.79. The lowest BCUT2D eigenvalue weighted by molar-refractivity contribution is -0.171. The molecule has 1 aliphatic heterocycles. The number of carboxylic acid groups (broad SMARTS) is 1. The van der Waals surface area contributed by atoms with Crippen LogP contribution in [0.2, 0.25) is 0 Å². The molecule has 2 heterocycles. The van der Waals surface area contributed by atoms with Crippen molar-refractivity contribution in [2.24, 2.45) is 0 Å². The molecule has 1 saturated heterocycles. The molecule has 1 aromatic heterocycles. The van der Waals surface area contributed by atoms with E-state index in [4.69, 9.17) is 4.74 Å². The van der Waals surface area contributed by atoms with E-state index in [0.29, 0.717) is 18.0 Å². The van der Waals surface area contributed by atoms with Crippen molar-refractivity contribution >= 4 is 11.9 Å². The Labute approximate surface area is 151 Å². The smallest absolute Gasteiger partial charge is 0.337 e. The predicted octanol–water partition coefficient (Wildman–Crippen LogP) is 2.07. The van der Waals surface area contributed by atoms with Crippen LogP contribution in [0.4, 0.5) is 0 Å². The fraction of sp³-hybridized carbons (Fsp3) is 0.421. The molecule has 136 valence electrons. The Morgan fingerprint density at radius 1 is 1.27 bits per heavy atom. The summed E-state index contributed by atoms with van der Waals surface area (Å²) in [6.07, 6.45) is 3.68. The number of rotatable bonds is 4. The molecule has 1 aromatic carbocycles. The second-order valence-corrected chi connectivity index (χ2v) is 7.08. The molecular formula is C19H21N3O4. The standard InChI is InChI=1S/C19H21N3O4/c1-19(18(24)25)12-21(9-10-26-19)17(23)15-11-20-22(16(15)13-7-8-13)14-5-3-2-4-6-14/h2-6,11,13H,7-10,12H2,1H3,(H,24,25). The van der Waals surface area contributed by atoms with Crippen LogP contribution in [0.1, 0.15) is 41.7 Å². The summed E-state index contributed by atoms with van der Waals surface area (Å²) in [5.41, 5.74) is 1.03. The third kappa shape index (κ3) is 2.88. The second kappa shape index (κ2) is 6.25. The van der Waals surface area contributed by atoms with E-state index in [0.717, 1.165) is 24.2 Å². The number of amides is 1. The van der Waals surface area contributed by atoms with E-state index in [1.165, 1.54) is 6.92 Å². The average molecular weight is 355 g/mol. The molecular weight excluding hydrogens is 334 g/mol. The SMILES string of the molecule is CC1(C(=O)O)CN(C(=O)c2cnn(-c3ccccc3)c2C2CC2)CCO1. The Balaban J connectivity index is 1.67. The Hall–Kier alpha value is -2.67. The summed E-state index contributed by atoms with van der Waals surface area (Å²) in [6.45, 7) is 2.12. The highest BCUT2D eigenvalue weighted by Crippen LogP contribution is 2.42. The predicted molar refractivity (Wildman–Crippen MR) is 93.4 cm³/mol. The third-order valence-electron chi connectivity index (χ3n) is 5.02. The van der Waals surface area contributed by atoms with Gasteiger partial charge < -0.3 is 14.7 Å². The van der Waals surface area contributed by atoms with Crippen molar-refractivity contribution in [3.05, 3.63) is 47.8 Å². The fourth-order valence-corrected chi connectivity index (χ4v) is 3.39. The van der Waals surface area contributed by atoms with Crippen molar-refractivity contribution < 1.29 is 19.4 Å². The van der Waals surface area contributed by atoms with E-state index in [-0.39, 0.29) is 19.1 Å². The number of aromatic nitrogens is 2. The molecule has 2 aromatic rings. The van der Waals surface area contributed by atoms with Gasteiger partial charge in [-0.3, -0.25) is 4.79 Å². The summed E-state index contributed by atoms with van der Waals surface area (Å²) in [5.74, 6) is -0.911. The number of morpholine rings is 1. The van der Waals surface area contributed by atoms with Gasteiger partial charge in [0.15, 0.2) is 5.60 Å². The van der Waals surface area contributed by atoms with E-state index in [9.17, 15) is 14.7 Å². The van der Waals surface area contributed by atoms with Crippen LogP contribution in [-0.4, -0.2) is 57.0 Å². The lowest BCUT2D eigenvalue weighted by Crippen LogP contribution is -2.56. The largest absolute Gasteiger partial charge is 0.479 e. The van der Waals surface area contributed by atoms with Gasteiger partial charge >= 0.3 is 5.97 Å². The number of benzene rings is 1. The van der Waals surface area contributed by atoms with Gasteiger partial charge in [0.25, 0.3) is 5.91 Å². The van der Waals surface area contributed by atoms with Gasteiger partial charge in [-0.2, -0.15) is 5.10 Å². The average Bonchev–Trinajstić information content (AvgIpc) is 3.40. The van der Waals surface area contributed by atoms with Gasteiger partial charge in [0, 0.05) is 12.5 Å². The van der Waals surface area contributed by atoms with E-state index in [1.54, 1.807) is 11.1 Å². The summed E-state index contributed by atoms with van der Waals surface area (Å²) in [4.78, 5) is 26.2. The minimum absolute atomic E-state index is 0.0296. The quantitative estimate of drug-likeness (QED) is 0.907. The highest BCUT2D eigenvalue weighted by Gasteiger charge is 2.42. The number of aliphatic carboxylic acids is 1. The molecule has 2 aliphatic rings. The zero-order valence-corrected chi connectivity index (χ0v) is 14.6. The van der Waals surface area contributed by atoms with Gasteiger partial charge in [-0.1, -0.05) is 18.2 Å². The second-order valence-electron chi connectivity index (χ2n) is 7.08. The molecule has 1 saturated carbocycles. The molecule has 0 bridgehead atoms. The highest BCUT2D eigenvalue weighted by molar-refractivity contribution is 5.96. The third-order valence-corrected chi connectivity index (χ3v) is 5.02. The molecule has 26 heavy (non-hydrogen) atoms. The summed E-state index contributed by atoms with van der Waals surface area (Å²) in [5, 5.41) is 13.9. The Morgan fingerprint density at radius 2 is 2.00 bits per heavy atom. The van der Waals surface area contributed by atoms with Crippen molar-refractivity contribution in [1.29, 1.82) is 0 Å². The van der Waals surface area contributed by atoms with Crippen molar-refractivity contribution in [2.75, 3.05) is 19.7 Å². The van der Waals surface area contributed by atoms with E-state index in [1.807, 2.05) is 35.0 Å². The van der Waals surface area contributed by atoms with Crippen molar-refractivity contribution in [3.8, 4) is 5.69 Å². The number of hydrogen-bond acceptors (Lipinski definition) is 4. The number of carbonyl (C=O) groups is 2. The van der Waals surface area contributed by atoms with Crippen LogP contribution in [0.25, 0.3) is 5.69 Å². The van der Waals surface area contributed by atoms with Gasteiger partial charge in [0.1, 0.15) is 0 Å². The lowest BCUT2D eigenvalue weighted by atomic mass is 10.0. The van der Waals surface area contributed by atoms with E-state index >= 15 is 0 Å². The number of ether oxygens (including phenoxy) is 1. The van der Waals surface area contributed by atoms with Gasteiger partial charge in [-0.25, -0.2) is 9.48 Å². The number of para-hydroxylation sites is 1. The molecule has 2 fully saturated rings. The van der Waals surface area contributed by atoms with Crippen LogP contribution in [0.5, 0.6) is 0 Å². The van der Waals surface area contributed by atoms with Gasteiger partial charge in [-0.05, 0) is 31.9 Å². The lowest BCUT2D eigenvalue weighted by Gasteiger charge is -2.37. The molecule has 1 unspecified atom stereocenters. The van der Waals surface area contributed by atoms with Crippen LogP contribution >= 0.6 is 0 Å². The maximum absolute atomic E-state index is 13.1. The van der Waals surface area contributed by atoms with Crippen LogP contribution < -0.4 is 0 Å². The fourth-order valence-electron chi connectivity index (χ4n) is 3.39. The monoisotopic (exact) mass is 355 g/mol. The molecule has 0 radical (unpaired) electrons. The van der Waals surface area contributed by atoms with Crippen LogP contribution in [0.15, 0.2) is 36.5 Å². The zero-order valence-electron chi connectivity index (χ0n) is 14.6. The van der Waals surface area contributed by atoms with Gasteiger partial charge in [0.05, 0.1) is 36.3 Å². The first kappa shape index (κ1) is 16.8. The van der Waals surface area contributed by atoms with Crippen LogP contribution in [-0.2, 0) is 9.53 Å². The molecule has 1 atom stereocenters. The molecule has 1 aliphatic carbocycles. The first-order chi connectivity index (χ1) is 12.5. The van der Waals surface area contributed by atoms with Crippen molar-refractivity contribution in [1.82, 2.24) is 14.7 Å². The van der Waals surface area contributed by atoms with E-state index < -0.39 is 11.6 Å². The topological polar surface area (TPSA) is 84.7 Å². The molecule has 4 rings (SSSR count). The minimum atomic E-state index is -1.37. The summed E-state index contributed by atoms with van der Waals surface area (Å²) >= 11 is 0. The maximum Gasteiger partial charge on any atom is 0.337 e. The maximum atomic E-state index is 13.1. The number of carbonyl (C=O) groups excluding carboxylic acids is 1. The molecule has 1 amide bonds. The number of hydrogen-bond donors (Lipinski definition) is 1. The number of carboxylic acids is 1. The Bertz CT molecular complexity index is 844. The van der Waals surface area contributed by atoms with Crippen molar-refractivity contribution in [3.63, 3.8) is 0 Å². The summed E-state index contributed by atoms with van der Waals surface area (Å²) in [6, 6.07) is 9.74. The summed E-state index contributed by atoms with van der Waals surface area (Å²) in [7, 11) is 0.